The van der Waals surface area contributed by atoms with Crippen molar-refractivity contribution in [2.75, 3.05) is 7.11 Å². The van der Waals surface area contributed by atoms with Crippen molar-refractivity contribution in [2.24, 2.45) is 13.0 Å². The van der Waals surface area contributed by atoms with E-state index in [9.17, 15) is 14.4 Å². The van der Waals surface area contributed by atoms with Gasteiger partial charge in [0.15, 0.2) is 5.69 Å². The zero-order valence-corrected chi connectivity index (χ0v) is 14.5. The van der Waals surface area contributed by atoms with Crippen molar-refractivity contribution in [3.63, 3.8) is 0 Å². The average molecular weight is 352 g/mol. The molecule has 1 unspecified atom stereocenters. The molecule has 0 aliphatic heterocycles. The first-order chi connectivity index (χ1) is 11.3. The summed E-state index contributed by atoms with van der Waals surface area (Å²) in [5, 5.41) is 7.20. The van der Waals surface area contributed by atoms with Crippen LogP contribution in [0.2, 0.25) is 5.02 Å². The highest BCUT2D eigenvalue weighted by Crippen LogP contribution is 2.16. The van der Waals surface area contributed by atoms with Gasteiger partial charge in [-0.25, -0.2) is 4.79 Å². The quantitative estimate of drug-likeness (QED) is 0.843. The maximum Gasteiger partial charge on any atom is 0.328 e. The Morgan fingerprint density at radius 3 is 2.58 bits per heavy atom. The number of rotatable bonds is 4. The molecule has 1 amide bonds. The number of benzene rings is 1. The van der Waals surface area contributed by atoms with E-state index in [0.29, 0.717) is 10.5 Å². The summed E-state index contributed by atoms with van der Waals surface area (Å²) in [6.45, 7) is 3.52. The molecule has 0 bridgehead atoms. The SMILES string of the molecule is COC(=O)C(NC(=O)c1nn(C)c2ccc(Cl)cc2c1=O)C(C)C. The molecule has 2 rings (SSSR count). The van der Waals surface area contributed by atoms with Crippen molar-refractivity contribution in [2.45, 2.75) is 19.9 Å². The third-order valence-corrected chi connectivity index (χ3v) is 3.88. The largest absolute Gasteiger partial charge is 0.467 e. The van der Waals surface area contributed by atoms with Crippen LogP contribution in [-0.2, 0) is 16.6 Å². The van der Waals surface area contributed by atoms with Gasteiger partial charge in [0.25, 0.3) is 5.91 Å². The first-order valence-corrected chi connectivity index (χ1v) is 7.69. The number of nitrogens with one attached hydrogen (secondary N) is 1. The van der Waals surface area contributed by atoms with Gasteiger partial charge in [0.05, 0.1) is 18.0 Å². The molecule has 7 nitrogen and oxygen atoms in total. The van der Waals surface area contributed by atoms with Crippen LogP contribution in [0.3, 0.4) is 0 Å². The van der Waals surface area contributed by atoms with Crippen molar-refractivity contribution in [1.29, 1.82) is 0 Å². The van der Waals surface area contributed by atoms with E-state index in [1.807, 2.05) is 0 Å². The van der Waals surface area contributed by atoms with E-state index >= 15 is 0 Å². The van der Waals surface area contributed by atoms with Crippen molar-refractivity contribution in [1.82, 2.24) is 15.1 Å². The van der Waals surface area contributed by atoms with Crippen LogP contribution in [0.15, 0.2) is 23.0 Å². The number of fused-ring (bicyclic) bond motifs is 1. The van der Waals surface area contributed by atoms with E-state index in [1.54, 1.807) is 33.0 Å². The molecule has 1 heterocycles. The van der Waals surface area contributed by atoms with Gasteiger partial charge in [0.2, 0.25) is 5.43 Å². The Morgan fingerprint density at radius 2 is 2.00 bits per heavy atom. The predicted molar refractivity (Wildman–Crippen MR) is 90.1 cm³/mol. The monoisotopic (exact) mass is 351 g/mol. The molecule has 0 saturated carbocycles. The van der Waals surface area contributed by atoms with Crippen LogP contribution in [0.1, 0.15) is 24.3 Å². The first kappa shape index (κ1) is 17.9. The first-order valence-electron chi connectivity index (χ1n) is 7.31. The summed E-state index contributed by atoms with van der Waals surface area (Å²) in [7, 11) is 2.85. The second-order valence-electron chi connectivity index (χ2n) is 5.68. The normalized spacial score (nSPS) is 12.2. The van der Waals surface area contributed by atoms with Crippen LogP contribution >= 0.6 is 11.6 Å². The lowest BCUT2D eigenvalue weighted by Gasteiger charge is -2.19. The maximum atomic E-state index is 12.6. The molecule has 1 aromatic heterocycles. The molecule has 0 aliphatic carbocycles. The van der Waals surface area contributed by atoms with Crippen LogP contribution in [-0.4, -0.2) is 34.8 Å². The molecule has 1 atom stereocenters. The fourth-order valence-electron chi connectivity index (χ4n) is 2.33. The zero-order chi connectivity index (χ0) is 18.0. The third kappa shape index (κ3) is 3.41. The minimum atomic E-state index is -0.871. The summed E-state index contributed by atoms with van der Waals surface area (Å²) in [4.78, 5) is 36.8. The lowest BCUT2D eigenvalue weighted by Crippen LogP contribution is -2.46. The summed E-state index contributed by atoms with van der Waals surface area (Å²) in [6.07, 6.45) is 0. The van der Waals surface area contributed by atoms with Crippen LogP contribution in [0.5, 0.6) is 0 Å². The van der Waals surface area contributed by atoms with Crippen molar-refractivity contribution >= 4 is 34.4 Å². The number of amides is 1. The second-order valence-corrected chi connectivity index (χ2v) is 6.12. The van der Waals surface area contributed by atoms with E-state index in [1.165, 1.54) is 17.9 Å². The van der Waals surface area contributed by atoms with Gasteiger partial charge in [-0.2, -0.15) is 5.10 Å². The number of carbonyl (C=O) groups excluding carboxylic acids is 2. The lowest BCUT2D eigenvalue weighted by atomic mass is 10.0. The van der Waals surface area contributed by atoms with Gasteiger partial charge >= 0.3 is 5.97 Å². The highest BCUT2D eigenvalue weighted by atomic mass is 35.5. The highest BCUT2D eigenvalue weighted by Gasteiger charge is 2.27. The number of hydrogen-bond donors (Lipinski definition) is 1. The van der Waals surface area contributed by atoms with Crippen molar-refractivity contribution in [3.05, 3.63) is 39.1 Å². The Morgan fingerprint density at radius 1 is 1.33 bits per heavy atom. The molecule has 0 fully saturated rings. The summed E-state index contributed by atoms with van der Waals surface area (Å²) in [6, 6.07) is 3.90. The molecule has 2 aromatic rings. The molecule has 0 spiro atoms. The minimum absolute atomic E-state index is 0.208. The second kappa shape index (κ2) is 7.00. The fourth-order valence-corrected chi connectivity index (χ4v) is 2.50. The lowest BCUT2D eigenvalue weighted by molar-refractivity contribution is -0.144. The number of ether oxygens (including phenoxy) is 1. The number of esters is 1. The Hall–Kier alpha value is -2.41. The molecular weight excluding hydrogens is 334 g/mol. The molecule has 0 aliphatic rings. The number of aryl methyl sites for hydroxylation is 1. The van der Waals surface area contributed by atoms with Gasteiger partial charge in [-0.05, 0) is 24.1 Å². The van der Waals surface area contributed by atoms with E-state index in [4.69, 9.17) is 11.6 Å². The number of hydrogen-bond acceptors (Lipinski definition) is 5. The number of carbonyl (C=O) groups is 2. The van der Waals surface area contributed by atoms with Crippen molar-refractivity contribution in [3.8, 4) is 0 Å². The standard InChI is InChI=1S/C16H18ClN3O4/c1-8(2)12(16(23)24-4)18-15(22)13-14(21)10-7-9(17)5-6-11(10)20(3)19-13/h5-8,12H,1-4H3,(H,18,22). The molecule has 1 aromatic carbocycles. The topological polar surface area (TPSA) is 90.3 Å². The van der Waals surface area contributed by atoms with Gasteiger partial charge in [-0.15, -0.1) is 0 Å². The van der Waals surface area contributed by atoms with Crippen molar-refractivity contribution < 1.29 is 14.3 Å². The number of methoxy groups -OCH3 is 1. The summed E-state index contributed by atoms with van der Waals surface area (Å²) < 4.78 is 6.10. The highest BCUT2D eigenvalue weighted by molar-refractivity contribution is 6.31. The van der Waals surface area contributed by atoms with Crippen LogP contribution in [0, 0.1) is 5.92 Å². The molecule has 24 heavy (non-hydrogen) atoms. The van der Waals surface area contributed by atoms with Crippen LogP contribution < -0.4 is 10.7 Å². The minimum Gasteiger partial charge on any atom is -0.467 e. The molecule has 128 valence electrons. The smallest absolute Gasteiger partial charge is 0.328 e. The fraction of sp³-hybridized carbons (Fsp3) is 0.375. The summed E-state index contributed by atoms with van der Waals surface area (Å²) in [5.41, 5.74) is -0.299. The van der Waals surface area contributed by atoms with Gasteiger partial charge in [0, 0.05) is 12.1 Å². The van der Waals surface area contributed by atoms with Gasteiger partial charge < -0.3 is 10.1 Å². The van der Waals surface area contributed by atoms with E-state index in [0.717, 1.165) is 0 Å². The molecule has 0 saturated heterocycles. The van der Waals surface area contributed by atoms with Gasteiger partial charge in [-0.1, -0.05) is 25.4 Å². The van der Waals surface area contributed by atoms with Crippen LogP contribution in [0.25, 0.3) is 10.9 Å². The van der Waals surface area contributed by atoms with E-state index < -0.39 is 23.3 Å². The maximum absolute atomic E-state index is 12.6. The number of aromatic nitrogens is 2. The Balaban J connectivity index is 2.48. The Labute approximate surface area is 143 Å². The number of halogens is 1. The average Bonchev–Trinajstić information content (AvgIpc) is 2.54. The molecule has 8 heteroatoms. The molecular formula is C16H18ClN3O4. The Bertz CT molecular complexity index is 860. The van der Waals surface area contributed by atoms with Crippen LogP contribution in [0.4, 0.5) is 0 Å². The zero-order valence-electron chi connectivity index (χ0n) is 13.8. The van der Waals surface area contributed by atoms with Gasteiger partial charge in [-0.3, -0.25) is 14.3 Å². The van der Waals surface area contributed by atoms with E-state index in [2.05, 4.69) is 15.2 Å². The summed E-state index contributed by atoms with van der Waals surface area (Å²) >= 11 is 5.93. The van der Waals surface area contributed by atoms with E-state index in [-0.39, 0.29) is 17.0 Å². The molecule has 0 radical (unpaired) electrons. The number of nitrogens with zero attached hydrogens (tertiary/aromatic N) is 2. The van der Waals surface area contributed by atoms with Gasteiger partial charge in [0.1, 0.15) is 6.04 Å². The predicted octanol–water partition coefficient (Wildman–Crippen LogP) is 1.51. The summed E-state index contributed by atoms with van der Waals surface area (Å²) in [5.74, 6) is -1.53. The Kier molecular flexibility index (Phi) is 5.23. The third-order valence-electron chi connectivity index (χ3n) is 3.64. The molecule has 1 N–H and O–H groups in total.